The van der Waals surface area contributed by atoms with Gasteiger partial charge in [0.2, 0.25) is 0 Å². The number of cyclic esters (lactones) is 2. The first kappa shape index (κ1) is 9.75. The van der Waals surface area contributed by atoms with Crippen LogP contribution in [0.2, 0.25) is 0 Å². The summed E-state index contributed by atoms with van der Waals surface area (Å²) in [5.41, 5.74) is -0.775. The van der Waals surface area contributed by atoms with Crippen LogP contribution in [0.25, 0.3) is 0 Å². The minimum absolute atomic E-state index is 0.0384. The monoisotopic (exact) mass is 220 g/mol. The average Bonchev–Trinajstić information content (AvgIpc) is 2.58. The highest BCUT2D eigenvalue weighted by atomic mass is 16.6. The number of fused-ring (bicyclic) bond motifs is 1. The van der Waals surface area contributed by atoms with E-state index in [9.17, 15) is 14.4 Å². The lowest BCUT2D eigenvalue weighted by Gasteiger charge is -2.45. The van der Waals surface area contributed by atoms with Crippen LogP contribution in [0.1, 0.15) is 19.8 Å². The number of ketones is 1. The predicted octanol–water partition coefficient (Wildman–Crippen LogP) is 0.857. The fourth-order valence-corrected chi connectivity index (χ4v) is 3.42. The zero-order chi connectivity index (χ0) is 11.5. The summed E-state index contributed by atoms with van der Waals surface area (Å²) < 4.78 is 4.69. The van der Waals surface area contributed by atoms with Crippen molar-refractivity contribution in [2.75, 3.05) is 0 Å². The number of hydrogen-bond acceptors (Lipinski definition) is 4. The molecule has 16 heavy (non-hydrogen) atoms. The summed E-state index contributed by atoms with van der Waals surface area (Å²) in [7, 11) is 0. The van der Waals surface area contributed by atoms with Crippen LogP contribution < -0.4 is 0 Å². The van der Waals surface area contributed by atoms with Crippen molar-refractivity contribution in [1.82, 2.24) is 0 Å². The molecule has 0 aromatic rings. The molecule has 4 atom stereocenters. The van der Waals surface area contributed by atoms with E-state index in [2.05, 4.69) is 0 Å². The van der Waals surface area contributed by atoms with Crippen LogP contribution in [-0.4, -0.2) is 17.7 Å². The van der Waals surface area contributed by atoms with Crippen molar-refractivity contribution in [3.05, 3.63) is 12.2 Å². The van der Waals surface area contributed by atoms with Crippen LogP contribution in [0.15, 0.2) is 12.2 Å². The molecule has 4 aliphatic rings. The summed E-state index contributed by atoms with van der Waals surface area (Å²) in [5, 5.41) is 0. The van der Waals surface area contributed by atoms with E-state index < -0.39 is 29.2 Å². The van der Waals surface area contributed by atoms with Crippen LogP contribution in [0, 0.1) is 23.2 Å². The number of allylic oxidation sites excluding steroid dienone is 2. The second kappa shape index (κ2) is 2.81. The van der Waals surface area contributed by atoms with Crippen molar-refractivity contribution in [3.63, 3.8) is 0 Å². The summed E-state index contributed by atoms with van der Waals surface area (Å²) in [6.45, 7) is 1.49. The quantitative estimate of drug-likeness (QED) is 0.373. The first-order chi connectivity index (χ1) is 7.56. The topological polar surface area (TPSA) is 60.4 Å². The summed E-state index contributed by atoms with van der Waals surface area (Å²) in [4.78, 5) is 35.1. The van der Waals surface area contributed by atoms with Crippen molar-refractivity contribution in [1.29, 1.82) is 0 Å². The van der Waals surface area contributed by atoms with Crippen LogP contribution in [0.5, 0.6) is 0 Å². The number of Topliss-reactive ketones (excluding diaryl/α,β-unsaturated/α-hetero) is 1. The summed E-state index contributed by atoms with van der Waals surface area (Å²) in [6.07, 6.45) is 5.18. The van der Waals surface area contributed by atoms with Gasteiger partial charge in [0, 0.05) is 0 Å². The third-order valence-electron chi connectivity index (χ3n) is 4.29. The average molecular weight is 220 g/mol. The molecule has 4 rings (SSSR count). The van der Waals surface area contributed by atoms with Crippen LogP contribution in [0.4, 0.5) is 0 Å². The Morgan fingerprint density at radius 2 is 2.19 bits per heavy atom. The van der Waals surface area contributed by atoms with E-state index in [0.29, 0.717) is 6.42 Å². The molecule has 2 bridgehead atoms. The minimum atomic E-state index is -0.775. The third-order valence-corrected chi connectivity index (χ3v) is 4.29. The van der Waals surface area contributed by atoms with Gasteiger partial charge in [-0.3, -0.25) is 14.4 Å². The maximum Gasteiger partial charge on any atom is 0.318 e. The Hall–Kier alpha value is -1.45. The Bertz CT molecular complexity index is 436. The van der Waals surface area contributed by atoms with Gasteiger partial charge in [0.25, 0.3) is 0 Å². The van der Waals surface area contributed by atoms with Gasteiger partial charge in [-0.15, -0.1) is 0 Å². The van der Waals surface area contributed by atoms with Gasteiger partial charge in [-0.2, -0.15) is 0 Å². The maximum atomic E-state index is 11.8. The lowest BCUT2D eigenvalue weighted by molar-refractivity contribution is -0.155. The molecule has 0 N–H and O–H groups in total. The molecule has 0 aromatic heterocycles. The van der Waals surface area contributed by atoms with E-state index in [1.807, 2.05) is 12.2 Å². The normalized spacial score (nSPS) is 44.4. The Labute approximate surface area is 92.6 Å². The van der Waals surface area contributed by atoms with Gasteiger partial charge in [-0.05, 0) is 25.7 Å². The zero-order valence-electron chi connectivity index (χ0n) is 8.93. The Morgan fingerprint density at radius 1 is 1.44 bits per heavy atom. The number of carbonyl (C=O) groups excluding carboxylic acids is 3. The molecule has 4 nitrogen and oxygen atoms in total. The molecular formula is C12H12O4. The first-order valence-corrected chi connectivity index (χ1v) is 5.52. The van der Waals surface area contributed by atoms with Crippen molar-refractivity contribution < 1.29 is 19.1 Å². The number of ether oxygens (including phenoxy) is 1. The lowest BCUT2D eigenvalue weighted by atomic mass is 9.53. The minimum Gasteiger partial charge on any atom is -0.393 e. The molecule has 3 aliphatic carbocycles. The lowest BCUT2D eigenvalue weighted by Crippen LogP contribution is -2.50. The van der Waals surface area contributed by atoms with E-state index in [4.69, 9.17) is 4.74 Å². The highest BCUT2D eigenvalue weighted by Gasteiger charge is 2.63. The molecule has 0 amide bonds. The molecule has 1 aliphatic heterocycles. The third kappa shape index (κ3) is 0.925. The molecule has 4 heteroatoms. The summed E-state index contributed by atoms with van der Waals surface area (Å²) in [5.74, 6) is -1.92. The second-order valence-electron chi connectivity index (χ2n) is 4.90. The van der Waals surface area contributed by atoms with Crippen LogP contribution >= 0.6 is 0 Å². The van der Waals surface area contributed by atoms with Gasteiger partial charge in [-0.25, -0.2) is 0 Å². The SMILES string of the molecule is CC(=O)[C@]12C=C[C@@H](CC1)[C@@H]1C(=O)OC(=O)[C@@H]12. The number of esters is 2. The van der Waals surface area contributed by atoms with Crippen molar-refractivity contribution >= 4 is 17.7 Å². The highest BCUT2D eigenvalue weighted by molar-refractivity contribution is 6.02. The summed E-state index contributed by atoms with van der Waals surface area (Å²) in [6, 6.07) is 0. The Kier molecular flexibility index (Phi) is 1.71. The van der Waals surface area contributed by atoms with Gasteiger partial charge in [-0.1, -0.05) is 12.2 Å². The van der Waals surface area contributed by atoms with Gasteiger partial charge < -0.3 is 4.74 Å². The van der Waals surface area contributed by atoms with Gasteiger partial charge in [0.15, 0.2) is 0 Å². The smallest absolute Gasteiger partial charge is 0.318 e. The molecule has 1 saturated carbocycles. The number of hydrogen-bond donors (Lipinski definition) is 0. The zero-order valence-corrected chi connectivity index (χ0v) is 8.93. The van der Waals surface area contributed by atoms with E-state index >= 15 is 0 Å². The largest absolute Gasteiger partial charge is 0.393 e. The van der Waals surface area contributed by atoms with Crippen molar-refractivity contribution in [3.8, 4) is 0 Å². The Morgan fingerprint density at radius 3 is 2.75 bits per heavy atom. The van der Waals surface area contributed by atoms with E-state index in [1.54, 1.807) is 0 Å². The molecule has 84 valence electrons. The summed E-state index contributed by atoms with van der Waals surface area (Å²) >= 11 is 0. The molecule has 0 radical (unpaired) electrons. The van der Waals surface area contributed by atoms with Crippen LogP contribution in [0.3, 0.4) is 0 Å². The molecule has 1 saturated heterocycles. The van der Waals surface area contributed by atoms with E-state index in [1.165, 1.54) is 6.92 Å². The fourth-order valence-electron chi connectivity index (χ4n) is 3.42. The van der Waals surface area contributed by atoms with E-state index in [-0.39, 0.29) is 11.7 Å². The number of rotatable bonds is 1. The second-order valence-corrected chi connectivity index (χ2v) is 4.90. The van der Waals surface area contributed by atoms with Gasteiger partial charge >= 0.3 is 11.9 Å². The fraction of sp³-hybridized carbons (Fsp3) is 0.583. The molecule has 1 heterocycles. The van der Waals surface area contributed by atoms with Gasteiger partial charge in [0.05, 0.1) is 17.3 Å². The number of carbonyl (C=O) groups is 3. The van der Waals surface area contributed by atoms with E-state index in [0.717, 1.165) is 6.42 Å². The van der Waals surface area contributed by atoms with Gasteiger partial charge in [0.1, 0.15) is 5.78 Å². The maximum absolute atomic E-state index is 11.8. The molecular weight excluding hydrogens is 208 g/mol. The molecule has 0 spiro atoms. The van der Waals surface area contributed by atoms with Crippen molar-refractivity contribution in [2.45, 2.75) is 19.8 Å². The molecule has 2 fully saturated rings. The Balaban J connectivity index is 2.16. The van der Waals surface area contributed by atoms with Crippen LogP contribution in [-0.2, 0) is 19.1 Å². The van der Waals surface area contributed by atoms with Crippen molar-refractivity contribution in [2.24, 2.45) is 23.2 Å². The molecule has 0 unspecified atom stereocenters. The molecule has 0 aromatic carbocycles. The highest BCUT2D eigenvalue weighted by Crippen LogP contribution is 2.56. The first-order valence-electron chi connectivity index (χ1n) is 5.52. The predicted molar refractivity (Wildman–Crippen MR) is 53.1 cm³/mol. The standard InChI is InChI=1S/C12H12O4/c1-6(13)12-4-2-7(3-5-12)8-9(12)11(15)16-10(8)14/h2,4,7-9H,3,5H2,1H3/t7-,8-,9+,12-/m0/s1.